The van der Waals surface area contributed by atoms with Crippen LogP contribution in [0, 0.1) is 12.8 Å². The van der Waals surface area contributed by atoms with Gasteiger partial charge in [-0.3, -0.25) is 0 Å². The molecule has 2 unspecified atom stereocenters. The molecule has 2 aromatic heterocycles. The summed E-state index contributed by atoms with van der Waals surface area (Å²) in [5.74, 6) is 1.38. The van der Waals surface area contributed by atoms with Crippen LogP contribution in [0.2, 0.25) is 0 Å². The van der Waals surface area contributed by atoms with Crippen LogP contribution < -0.4 is 10.6 Å². The fraction of sp³-hybridized carbons (Fsp3) is 0.538. The van der Waals surface area contributed by atoms with Crippen molar-refractivity contribution < 1.29 is 0 Å². The van der Waals surface area contributed by atoms with Crippen molar-refractivity contribution in [3.8, 4) is 0 Å². The highest BCUT2D eigenvalue weighted by Crippen LogP contribution is 2.23. The molecule has 0 bridgehead atoms. The predicted molar refractivity (Wildman–Crippen MR) is 71.7 cm³/mol. The highest BCUT2D eigenvalue weighted by Gasteiger charge is 2.27. The third-order valence-electron chi connectivity index (χ3n) is 3.73. The Hall–Kier alpha value is -1.62. The standard InChI is InChI=1S/C13H19N5/c1-9-3-6-18-12(7-9)15-13(16-18)17-5-4-11(8-17)10(2)14/h3,6-7,10-11H,4-5,8,14H2,1-2H3. The predicted octanol–water partition coefficient (Wildman–Crippen LogP) is 1.21. The summed E-state index contributed by atoms with van der Waals surface area (Å²) in [6, 6.07) is 4.34. The lowest BCUT2D eigenvalue weighted by atomic mass is 10.0. The van der Waals surface area contributed by atoms with E-state index in [9.17, 15) is 0 Å². The molecule has 1 saturated heterocycles. The zero-order chi connectivity index (χ0) is 12.7. The Kier molecular flexibility index (Phi) is 2.70. The molecule has 0 spiro atoms. The number of aromatic nitrogens is 3. The second kappa shape index (κ2) is 4.24. The number of rotatable bonds is 2. The largest absolute Gasteiger partial charge is 0.339 e. The molecular weight excluding hydrogens is 226 g/mol. The van der Waals surface area contributed by atoms with E-state index in [1.807, 2.05) is 16.8 Å². The van der Waals surface area contributed by atoms with Gasteiger partial charge in [0.1, 0.15) is 0 Å². The minimum atomic E-state index is 0.245. The first-order valence-corrected chi connectivity index (χ1v) is 6.47. The first-order chi connectivity index (χ1) is 8.63. The van der Waals surface area contributed by atoms with E-state index in [0.717, 1.165) is 31.1 Å². The minimum Gasteiger partial charge on any atom is -0.339 e. The van der Waals surface area contributed by atoms with Crippen LogP contribution in [-0.4, -0.2) is 33.7 Å². The molecule has 0 radical (unpaired) electrons. The smallest absolute Gasteiger partial charge is 0.245 e. The monoisotopic (exact) mass is 245 g/mol. The van der Waals surface area contributed by atoms with Crippen LogP contribution >= 0.6 is 0 Å². The maximum atomic E-state index is 5.96. The van der Waals surface area contributed by atoms with Crippen molar-refractivity contribution in [2.24, 2.45) is 11.7 Å². The van der Waals surface area contributed by atoms with Crippen LogP contribution in [0.3, 0.4) is 0 Å². The molecule has 3 rings (SSSR count). The van der Waals surface area contributed by atoms with E-state index in [1.54, 1.807) is 0 Å². The zero-order valence-electron chi connectivity index (χ0n) is 10.9. The van der Waals surface area contributed by atoms with Crippen molar-refractivity contribution in [1.29, 1.82) is 0 Å². The summed E-state index contributed by atoms with van der Waals surface area (Å²) < 4.78 is 1.83. The molecule has 5 nitrogen and oxygen atoms in total. The average Bonchev–Trinajstić information content (AvgIpc) is 2.93. The molecule has 1 aliphatic rings. The van der Waals surface area contributed by atoms with E-state index in [2.05, 4.69) is 34.9 Å². The van der Waals surface area contributed by atoms with Crippen molar-refractivity contribution in [2.45, 2.75) is 26.3 Å². The van der Waals surface area contributed by atoms with Gasteiger partial charge in [-0.05, 0) is 43.9 Å². The summed E-state index contributed by atoms with van der Waals surface area (Å²) in [6.45, 7) is 6.11. The SMILES string of the molecule is Cc1ccn2nc(N3CCC(C(C)N)C3)nc2c1. The summed E-state index contributed by atoms with van der Waals surface area (Å²) in [4.78, 5) is 6.82. The summed E-state index contributed by atoms with van der Waals surface area (Å²) in [6.07, 6.45) is 3.09. The number of hydrogen-bond donors (Lipinski definition) is 1. The molecule has 1 fully saturated rings. The van der Waals surface area contributed by atoms with Gasteiger partial charge >= 0.3 is 0 Å². The molecule has 18 heavy (non-hydrogen) atoms. The quantitative estimate of drug-likeness (QED) is 0.864. The first-order valence-electron chi connectivity index (χ1n) is 6.47. The van der Waals surface area contributed by atoms with E-state index in [0.29, 0.717) is 5.92 Å². The summed E-state index contributed by atoms with van der Waals surface area (Å²) >= 11 is 0. The van der Waals surface area contributed by atoms with E-state index < -0.39 is 0 Å². The molecule has 2 N–H and O–H groups in total. The molecule has 0 aliphatic carbocycles. The van der Waals surface area contributed by atoms with Crippen LogP contribution in [0.15, 0.2) is 18.3 Å². The van der Waals surface area contributed by atoms with Crippen molar-refractivity contribution in [1.82, 2.24) is 14.6 Å². The van der Waals surface area contributed by atoms with Crippen LogP contribution in [0.5, 0.6) is 0 Å². The Morgan fingerprint density at radius 2 is 2.33 bits per heavy atom. The molecule has 3 heterocycles. The van der Waals surface area contributed by atoms with Crippen molar-refractivity contribution in [3.63, 3.8) is 0 Å². The highest BCUT2D eigenvalue weighted by atomic mass is 15.4. The summed E-state index contributed by atoms with van der Waals surface area (Å²) in [5, 5.41) is 4.52. The normalized spacial score (nSPS) is 21.7. The lowest BCUT2D eigenvalue weighted by molar-refractivity contribution is 0.487. The Labute approximate surface area is 107 Å². The fourth-order valence-corrected chi connectivity index (χ4v) is 2.50. The third kappa shape index (κ3) is 1.95. The van der Waals surface area contributed by atoms with Gasteiger partial charge in [0.15, 0.2) is 5.65 Å². The van der Waals surface area contributed by atoms with Crippen LogP contribution in [-0.2, 0) is 0 Å². The summed E-state index contributed by atoms with van der Waals surface area (Å²) in [5.41, 5.74) is 8.08. The Morgan fingerprint density at radius 3 is 3.06 bits per heavy atom. The Balaban J connectivity index is 1.87. The minimum absolute atomic E-state index is 0.245. The van der Waals surface area contributed by atoms with Crippen molar-refractivity contribution >= 4 is 11.6 Å². The Morgan fingerprint density at radius 1 is 1.50 bits per heavy atom. The van der Waals surface area contributed by atoms with Gasteiger partial charge in [-0.25, -0.2) is 4.52 Å². The number of nitrogens with zero attached hydrogens (tertiary/aromatic N) is 4. The van der Waals surface area contributed by atoms with Gasteiger partial charge in [0.25, 0.3) is 0 Å². The second-order valence-electron chi connectivity index (χ2n) is 5.27. The van der Waals surface area contributed by atoms with Gasteiger partial charge in [0.2, 0.25) is 5.95 Å². The van der Waals surface area contributed by atoms with Crippen LogP contribution in [0.1, 0.15) is 18.9 Å². The lowest BCUT2D eigenvalue weighted by Gasteiger charge is -2.15. The van der Waals surface area contributed by atoms with Crippen molar-refractivity contribution in [3.05, 3.63) is 23.9 Å². The molecule has 2 atom stereocenters. The molecule has 0 amide bonds. The van der Waals surface area contributed by atoms with Gasteiger partial charge < -0.3 is 10.6 Å². The molecule has 0 aromatic carbocycles. The zero-order valence-corrected chi connectivity index (χ0v) is 10.9. The first kappa shape index (κ1) is 11.5. The molecule has 5 heteroatoms. The van der Waals surface area contributed by atoms with E-state index in [4.69, 9.17) is 5.73 Å². The van der Waals surface area contributed by atoms with Crippen LogP contribution in [0.4, 0.5) is 5.95 Å². The molecule has 96 valence electrons. The van der Waals surface area contributed by atoms with Gasteiger partial charge in [-0.2, -0.15) is 4.98 Å². The van der Waals surface area contributed by atoms with E-state index >= 15 is 0 Å². The number of nitrogens with two attached hydrogens (primary N) is 1. The summed E-state index contributed by atoms with van der Waals surface area (Å²) in [7, 11) is 0. The molecule has 1 aliphatic heterocycles. The van der Waals surface area contributed by atoms with Crippen molar-refractivity contribution in [2.75, 3.05) is 18.0 Å². The third-order valence-corrected chi connectivity index (χ3v) is 3.73. The maximum Gasteiger partial charge on any atom is 0.245 e. The molecule has 2 aromatic rings. The number of fused-ring (bicyclic) bond motifs is 1. The second-order valence-corrected chi connectivity index (χ2v) is 5.27. The number of aryl methyl sites for hydroxylation is 1. The van der Waals surface area contributed by atoms with E-state index in [1.165, 1.54) is 5.56 Å². The number of anilines is 1. The topological polar surface area (TPSA) is 59.5 Å². The van der Waals surface area contributed by atoms with Gasteiger partial charge in [-0.1, -0.05) is 0 Å². The number of hydrogen-bond acceptors (Lipinski definition) is 4. The molecule has 0 saturated carbocycles. The van der Waals surface area contributed by atoms with Crippen LogP contribution in [0.25, 0.3) is 5.65 Å². The maximum absolute atomic E-state index is 5.96. The highest BCUT2D eigenvalue weighted by molar-refractivity contribution is 5.46. The lowest BCUT2D eigenvalue weighted by Crippen LogP contribution is -2.30. The molecular formula is C13H19N5. The van der Waals surface area contributed by atoms with Gasteiger partial charge in [-0.15, -0.1) is 5.10 Å². The van der Waals surface area contributed by atoms with Gasteiger partial charge in [0, 0.05) is 25.3 Å². The average molecular weight is 245 g/mol. The van der Waals surface area contributed by atoms with Gasteiger partial charge in [0.05, 0.1) is 0 Å². The Bertz CT molecular complexity index is 560. The fourth-order valence-electron chi connectivity index (χ4n) is 2.50. The van der Waals surface area contributed by atoms with E-state index in [-0.39, 0.29) is 6.04 Å². The number of pyridine rings is 1.